The number of nitrogens with two attached hydrogens (primary N) is 1. The molecule has 0 aromatic heterocycles. The maximum Gasteiger partial charge on any atom is 0.480 e. The standard InChI is InChI=1S/C8H5ClF5NO/c9-7(11,12)8(13,14)16-4-1-2-6(15)5(10)3-4/h1-3H,15H2. The number of ether oxygens (including phenoxy) is 1. The third-order valence-electron chi connectivity index (χ3n) is 1.55. The molecule has 90 valence electrons. The molecular formula is C8H5ClF5NO. The van der Waals surface area contributed by atoms with E-state index >= 15 is 0 Å². The summed E-state index contributed by atoms with van der Waals surface area (Å²) in [6, 6.07) is 2.16. The van der Waals surface area contributed by atoms with Gasteiger partial charge in [0.15, 0.2) is 0 Å². The van der Waals surface area contributed by atoms with Gasteiger partial charge < -0.3 is 10.5 Å². The van der Waals surface area contributed by atoms with E-state index in [1.165, 1.54) is 0 Å². The lowest BCUT2D eigenvalue weighted by Gasteiger charge is -2.21. The van der Waals surface area contributed by atoms with E-state index in [1.807, 2.05) is 0 Å². The van der Waals surface area contributed by atoms with Gasteiger partial charge in [-0.3, -0.25) is 0 Å². The number of nitrogen functional groups attached to an aromatic ring is 1. The molecule has 8 heteroatoms. The molecule has 1 rings (SSSR count). The van der Waals surface area contributed by atoms with E-state index in [2.05, 4.69) is 16.3 Å². The number of benzene rings is 1. The minimum Gasteiger partial charge on any atom is -0.427 e. The van der Waals surface area contributed by atoms with E-state index in [9.17, 15) is 22.0 Å². The molecule has 0 atom stereocenters. The molecule has 1 aromatic carbocycles. The van der Waals surface area contributed by atoms with Gasteiger partial charge in [0.1, 0.15) is 11.6 Å². The average Bonchev–Trinajstić information content (AvgIpc) is 2.09. The topological polar surface area (TPSA) is 35.2 Å². The number of rotatable bonds is 3. The van der Waals surface area contributed by atoms with Gasteiger partial charge in [-0.2, -0.15) is 17.6 Å². The van der Waals surface area contributed by atoms with Crippen molar-refractivity contribution in [2.24, 2.45) is 0 Å². The first-order valence-corrected chi connectivity index (χ1v) is 4.20. The van der Waals surface area contributed by atoms with Crippen LogP contribution in [0.2, 0.25) is 0 Å². The van der Waals surface area contributed by atoms with Crippen LogP contribution in [0.15, 0.2) is 18.2 Å². The lowest BCUT2D eigenvalue weighted by molar-refractivity contribution is -0.273. The molecule has 0 amide bonds. The summed E-state index contributed by atoms with van der Waals surface area (Å²) in [5.74, 6) is -1.87. The Morgan fingerprint density at radius 2 is 1.75 bits per heavy atom. The molecule has 2 nitrogen and oxygen atoms in total. The Kier molecular flexibility index (Phi) is 3.18. The van der Waals surface area contributed by atoms with Gasteiger partial charge in [0.25, 0.3) is 0 Å². The lowest BCUT2D eigenvalue weighted by Crippen LogP contribution is -2.41. The summed E-state index contributed by atoms with van der Waals surface area (Å²) in [6.07, 6.45) is -4.95. The fourth-order valence-electron chi connectivity index (χ4n) is 0.777. The van der Waals surface area contributed by atoms with Crippen LogP contribution < -0.4 is 10.5 Å². The van der Waals surface area contributed by atoms with E-state index in [0.717, 1.165) is 12.1 Å². The van der Waals surface area contributed by atoms with Crippen molar-refractivity contribution in [3.63, 3.8) is 0 Å². The fourth-order valence-corrected chi connectivity index (χ4v) is 0.816. The molecule has 0 aliphatic rings. The molecule has 0 heterocycles. The van der Waals surface area contributed by atoms with Crippen LogP contribution in [-0.4, -0.2) is 11.5 Å². The molecule has 0 saturated heterocycles. The van der Waals surface area contributed by atoms with Crippen molar-refractivity contribution in [2.75, 3.05) is 5.73 Å². The molecule has 0 unspecified atom stereocenters. The number of hydrogen-bond donors (Lipinski definition) is 1. The summed E-state index contributed by atoms with van der Waals surface area (Å²) < 4.78 is 65.8. The normalized spacial score (nSPS) is 12.6. The molecule has 0 aliphatic heterocycles. The number of alkyl halides is 5. The molecular weight excluding hydrogens is 257 g/mol. The summed E-state index contributed by atoms with van der Waals surface area (Å²) in [5, 5.41) is -4.90. The van der Waals surface area contributed by atoms with Crippen molar-refractivity contribution < 1.29 is 26.7 Å². The Morgan fingerprint density at radius 1 is 1.19 bits per heavy atom. The first kappa shape index (κ1) is 12.8. The minimum absolute atomic E-state index is 0.326. The van der Waals surface area contributed by atoms with Crippen LogP contribution in [-0.2, 0) is 0 Å². The van der Waals surface area contributed by atoms with Crippen LogP contribution in [0.25, 0.3) is 0 Å². The number of halogens is 6. The zero-order valence-electron chi connectivity index (χ0n) is 7.49. The molecule has 2 N–H and O–H groups in total. The minimum atomic E-state index is -4.95. The molecule has 1 aromatic rings. The second-order valence-corrected chi connectivity index (χ2v) is 3.27. The predicted molar refractivity (Wildman–Crippen MR) is 47.2 cm³/mol. The quantitative estimate of drug-likeness (QED) is 0.515. The summed E-state index contributed by atoms with van der Waals surface area (Å²) in [7, 11) is 0. The van der Waals surface area contributed by atoms with Crippen molar-refractivity contribution >= 4 is 17.3 Å². The monoisotopic (exact) mass is 261 g/mol. The first-order valence-electron chi connectivity index (χ1n) is 3.82. The van der Waals surface area contributed by atoms with Crippen LogP contribution in [0.1, 0.15) is 0 Å². The maximum absolute atomic E-state index is 12.8. The zero-order chi connectivity index (χ0) is 12.6. The predicted octanol–water partition coefficient (Wildman–Crippen LogP) is 3.21. The van der Waals surface area contributed by atoms with Crippen molar-refractivity contribution in [1.29, 1.82) is 0 Å². The number of anilines is 1. The third kappa shape index (κ3) is 2.66. The van der Waals surface area contributed by atoms with Crippen LogP contribution in [0.3, 0.4) is 0 Å². The van der Waals surface area contributed by atoms with Crippen molar-refractivity contribution in [2.45, 2.75) is 11.5 Å². The van der Waals surface area contributed by atoms with Crippen LogP contribution >= 0.6 is 11.6 Å². The Labute approximate surface area is 91.7 Å². The van der Waals surface area contributed by atoms with Gasteiger partial charge >= 0.3 is 11.5 Å². The second kappa shape index (κ2) is 3.97. The van der Waals surface area contributed by atoms with Gasteiger partial charge in [0, 0.05) is 6.07 Å². The molecule has 16 heavy (non-hydrogen) atoms. The van der Waals surface area contributed by atoms with Gasteiger partial charge in [-0.1, -0.05) is 0 Å². The van der Waals surface area contributed by atoms with Crippen molar-refractivity contribution in [3.05, 3.63) is 24.0 Å². The van der Waals surface area contributed by atoms with Crippen LogP contribution in [0.4, 0.5) is 27.6 Å². The van der Waals surface area contributed by atoms with Crippen LogP contribution in [0.5, 0.6) is 5.75 Å². The SMILES string of the molecule is Nc1ccc(OC(F)(F)C(F)(F)Cl)cc1F. The summed E-state index contributed by atoms with van der Waals surface area (Å²) in [6.45, 7) is 0. The fraction of sp³-hybridized carbons (Fsp3) is 0.250. The first-order chi connectivity index (χ1) is 7.13. The second-order valence-electron chi connectivity index (χ2n) is 2.80. The number of hydrogen-bond acceptors (Lipinski definition) is 2. The zero-order valence-corrected chi connectivity index (χ0v) is 8.24. The van der Waals surface area contributed by atoms with Gasteiger partial charge in [0.2, 0.25) is 0 Å². The smallest absolute Gasteiger partial charge is 0.427 e. The third-order valence-corrected chi connectivity index (χ3v) is 1.77. The van der Waals surface area contributed by atoms with Gasteiger partial charge in [-0.05, 0) is 23.7 Å². The van der Waals surface area contributed by atoms with E-state index < -0.39 is 23.1 Å². The van der Waals surface area contributed by atoms with E-state index in [0.29, 0.717) is 6.07 Å². The highest BCUT2D eigenvalue weighted by Crippen LogP contribution is 2.39. The van der Waals surface area contributed by atoms with Crippen LogP contribution in [0, 0.1) is 5.82 Å². The Hall–Kier alpha value is -1.24. The van der Waals surface area contributed by atoms with Gasteiger partial charge in [-0.25, -0.2) is 4.39 Å². The highest BCUT2D eigenvalue weighted by Gasteiger charge is 2.58. The summed E-state index contributed by atoms with van der Waals surface area (Å²) >= 11 is 4.12. The maximum atomic E-state index is 12.8. The Bertz CT molecular complexity index is 393. The largest absolute Gasteiger partial charge is 0.480 e. The van der Waals surface area contributed by atoms with Crippen molar-refractivity contribution in [3.8, 4) is 5.75 Å². The Balaban J connectivity index is 2.93. The van der Waals surface area contributed by atoms with Crippen molar-refractivity contribution in [1.82, 2.24) is 0 Å². The molecule has 0 fully saturated rings. The summed E-state index contributed by atoms with van der Waals surface area (Å²) in [4.78, 5) is 0. The van der Waals surface area contributed by atoms with Gasteiger partial charge in [-0.15, -0.1) is 0 Å². The molecule has 0 radical (unpaired) electrons. The summed E-state index contributed by atoms with van der Waals surface area (Å²) in [5.41, 5.74) is 4.72. The molecule has 0 saturated carbocycles. The highest BCUT2D eigenvalue weighted by atomic mass is 35.5. The molecule has 0 aliphatic carbocycles. The highest BCUT2D eigenvalue weighted by molar-refractivity contribution is 6.22. The van der Waals surface area contributed by atoms with E-state index in [1.54, 1.807) is 0 Å². The lowest BCUT2D eigenvalue weighted by atomic mass is 10.3. The Morgan fingerprint density at radius 3 is 2.19 bits per heavy atom. The van der Waals surface area contributed by atoms with E-state index in [4.69, 9.17) is 5.73 Å². The van der Waals surface area contributed by atoms with E-state index in [-0.39, 0.29) is 5.69 Å². The average molecular weight is 262 g/mol. The molecule has 0 bridgehead atoms. The molecule has 0 spiro atoms. The van der Waals surface area contributed by atoms with Gasteiger partial charge in [0.05, 0.1) is 5.69 Å².